The average Bonchev–Trinajstić information content (AvgIpc) is 2.42. The molecule has 1 heteroatoms. The van der Waals surface area contributed by atoms with Gasteiger partial charge in [-0.25, -0.2) is 0 Å². The van der Waals surface area contributed by atoms with E-state index in [4.69, 9.17) is 0 Å². The Balaban J connectivity index is -0.000000206. The summed E-state index contributed by atoms with van der Waals surface area (Å²) >= 11 is 0. The summed E-state index contributed by atoms with van der Waals surface area (Å²) in [6.45, 7) is 23.0. The maximum absolute atomic E-state index is 3.60. The largest absolute Gasteiger partial charge is 0.310 e. The zero-order valence-corrected chi connectivity index (χ0v) is 12.4. The molecular formula is C18H31N. The lowest BCUT2D eigenvalue weighted by Gasteiger charge is -1.90. The van der Waals surface area contributed by atoms with Gasteiger partial charge in [-0.2, -0.15) is 0 Å². The van der Waals surface area contributed by atoms with Crippen LogP contribution in [-0.2, 0) is 0 Å². The van der Waals surface area contributed by atoms with Gasteiger partial charge in [0.1, 0.15) is 0 Å². The minimum absolute atomic E-state index is 0.867. The molecule has 0 unspecified atom stereocenters. The fourth-order valence-corrected chi connectivity index (χ4v) is 0.812. The Hall–Kier alpha value is -1.60. The maximum atomic E-state index is 3.60. The molecule has 0 fully saturated rings. The first-order valence-corrected chi connectivity index (χ1v) is 6.61. The maximum Gasteiger partial charge on any atom is 0.0135 e. The second kappa shape index (κ2) is 29.9. The lowest BCUT2D eigenvalue weighted by molar-refractivity contribution is 0.845. The van der Waals surface area contributed by atoms with Crippen molar-refractivity contribution in [3.8, 4) is 0 Å². The van der Waals surface area contributed by atoms with Crippen molar-refractivity contribution in [2.45, 2.75) is 25.7 Å². The second-order valence-corrected chi connectivity index (χ2v) is 3.56. The molecule has 1 N–H and O–H groups in total. The van der Waals surface area contributed by atoms with E-state index in [9.17, 15) is 0 Å². The van der Waals surface area contributed by atoms with Crippen molar-refractivity contribution >= 4 is 0 Å². The summed E-state index contributed by atoms with van der Waals surface area (Å²) in [7, 11) is 0. The van der Waals surface area contributed by atoms with Crippen LogP contribution in [0, 0.1) is 0 Å². The quantitative estimate of drug-likeness (QED) is 0.419. The van der Waals surface area contributed by atoms with Gasteiger partial charge in [-0.1, -0.05) is 36.5 Å². The highest BCUT2D eigenvalue weighted by Gasteiger charge is 1.74. The Kier molecular flexibility index (Phi) is 35.5. The molecule has 0 heterocycles. The zero-order chi connectivity index (χ0) is 15.2. The number of allylic oxidation sites excluding steroid dienone is 4. The van der Waals surface area contributed by atoms with Crippen LogP contribution in [0.2, 0.25) is 0 Å². The minimum Gasteiger partial charge on any atom is -0.310 e. The van der Waals surface area contributed by atoms with E-state index in [-0.39, 0.29) is 0 Å². The normalized spacial score (nSPS) is 7.58. The van der Waals surface area contributed by atoms with Crippen LogP contribution in [-0.4, -0.2) is 13.1 Å². The van der Waals surface area contributed by atoms with Crippen molar-refractivity contribution in [1.82, 2.24) is 5.32 Å². The third kappa shape index (κ3) is 48.2. The number of rotatable bonds is 10. The van der Waals surface area contributed by atoms with Gasteiger partial charge in [0.2, 0.25) is 0 Å². The predicted molar refractivity (Wildman–Crippen MR) is 92.5 cm³/mol. The molecule has 0 saturated carbocycles. The molecule has 0 aliphatic heterocycles. The summed E-state index contributed by atoms with van der Waals surface area (Å²) in [4.78, 5) is 0. The van der Waals surface area contributed by atoms with E-state index in [2.05, 4.69) is 44.8 Å². The van der Waals surface area contributed by atoms with E-state index >= 15 is 0 Å². The fraction of sp³-hybridized carbons (Fsp3) is 0.333. The molecule has 0 rings (SSSR count). The third-order valence-electron chi connectivity index (χ3n) is 1.73. The predicted octanol–water partition coefficient (Wildman–Crippen LogP) is 5.23. The Morgan fingerprint density at radius 3 is 1.21 bits per heavy atom. The molecule has 0 aromatic heterocycles. The molecule has 0 aromatic rings. The fourth-order valence-electron chi connectivity index (χ4n) is 0.812. The monoisotopic (exact) mass is 261 g/mol. The highest BCUT2D eigenvalue weighted by Crippen LogP contribution is 1.93. The minimum atomic E-state index is 0.867. The van der Waals surface area contributed by atoms with Crippen molar-refractivity contribution < 1.29 is 0 Å². The topological polar surface area (TPSA) is 12.0 Å². The molecule has 0 radical (unpaired) electrons. The Morgan fingerprint density at radius 2 is 1.00 bits per heavy atom. The van der Waals surface area contributed by atoms with Crippen molar-refractivity contribution in [2.24, 2.45) is 0 Å². The number of hydrogen-bond donors (Lipinski definition) is 1. The van der Waals surface area contributed by atoms with Gasteiger partial charge in [-0.15, -0.1) is 39.5 Å². The summed E-state index contributed by atoms with van der Waals surface area (Å²) in [6.07, 6.45) is 15.5. The molecule has 0 atom stereocenters. The van der Waals surface area contributed by atoms with E-state index in [1.807, 2.05) is 36.5 Å². The third-order valence-corrected chi connectivity index (χ3v) is 1.73. The van der Waals surface area contributed by atoms with Crippen LogP contribution in [0.4, 0.5) is 0 Å². The van der Waals surface area contributed by atoms with Crippen LogP contribution in [0.25, 0.3) is 0 Å². The first-order chi connectivity index (χ1) is 9.24. The summed E-state index contributed by atoms with van der Waals surface area (Å²) in [5, 5.41) is 3.05. The van der Waals surface area contributed by atoms with Gasteiger partial charge < -0.3 is 5.32 Å². The van der Waals surface area contributed by atoms with Crippen molar-refractivity contribution in [2.75, 3.05) is 13.1 Å². The van der Waals surface area contributed by atoms with Crippen LogP contribution in [0.5, 0.6) is 0 Å². The van der Waals surface area contributed by atoms with Crippen molar-refractivity contribution in [1.29, 1.82) is 0 Å². The highest BCUT2D eigenvalue weighted by atomic mass is 14.8. The average molecular weight is 261 g/mol. The van der Waals surface area contributed by atoms with Crippen molar-refractivity contribution in [3.05, 3.63) is 75.9 Å². The van der Waals surface area contributed by atoms with Crippen LogP contribution in [0.1, 0.15) is 25.7 Å². The van der Waals surface area contributed by atoms with E-state index in [1.54, 1.807) is 0 Å². The lowest BCUT2D eigenvalue weighted by Crippen LogP contribution is -2.11. The molecule has 0 amide bonds. The highest BCUT2D eigenvalue weighted by molar-refractivity contribution is 4.79. The van der Waals surface area contributed by atoms with Crippen molar-refractivity contribution in [3.63, 3.8) is 0 Å². The van der Waals surface area contributed by atoms with Gasteiger partial charge in [0.15, 0.2) is 0 Å². The van der Waals surface area contributed by atoms with Crippen LogP contribution >= 0.6 is 0 Å². The SMILES string of the molecule is C=CCC=C.C=CCCCC=C.C=CCNCC=C. The van der Waals surface area contributed by atoms with E-state index < -0.39 is 0 Å². The summed E-state index contributed by atoms with van der Waals surface area (Å²) < 4.78 is 0. The molecular weight excluding hydrogens is 230 g/mol. The van der Waals surface area contributed by atoms with Gasteiger partial charge >= 0.3 is 0 Å². The molecule has 0 bridgehead atoms. The van der Waals surface area contributed by atoms with Crippen LogP contribution in [0.3, 0.4) is 0 Å². The molecule has 0 aliphatic carbocycles. The van der Waals surface area contributed by atoms with E-state index in [1.165, 1.54) is 6.42 Å². The van der Waals surface area contributed by atoms with E-state index in [0.717, 1.165) is 32.4 Å². The van der Waals surface area contributed by atoms with Gasteiger partial charge in [0, 0.05) is 13.1 Å². The summed E-state index contributed by atoms with van der Waals surface area (Å²) in [5.74, 6) is 0. The Bertz CT molecular complexity index is 186. The lowest BCUT2D eigenvalue weighted by atomic mass is 10.2. The first-order valence-electron chi connectivity index (χ1n) is 6.61. The summed E-state index contributed by atoms with van der Waals surface area (Å²) in [6, 6.07) is 0. The molecule has 0 saturated heterocycles. The molecule has 1 nitrogen and oxygen atoms in total. The Morgan fingerprint density at radius 1 is 0.579 bits per heavy atom. The molecule has 0 spiro atoms. The smallest absolute Gasteiger partial charge is 0.0135 e. The standard InChI is InChI=1S/C7H12.C6H11N.C5H8/c2*1-3-5-7-6-4-2;1-3-5-4-2/h3-4H,1-2,5-7H2;3-4,7H,1-2,5-6H2;3-4H,1-2,5H2. The molecule has 0 aliphatic rings. The first kappa shape index (κ1) is 22.6. The van der Waals surface area contributed by atoms with Gasteiger partial charge in [-0.3, -0.25) is 0 Å². The number of hydrogen-bond acceptors (Lipinski definition) is 1. The van der Waals surface area contributed by atoms with Gasteiger partial charge in [0.25, 0.3) is 0 Å². The van der Waals surface area contributed by atoms with Gasteiger partial charge in [0.05, 0.1) is 0 Å². The Labute approximate surface area is 120 Å². The molecule has 0 aromatic carbocycles. The van der Waals surface area contributed by atoms with E-state index in [0.29, 0.717) is 0 Å². The molecule has 19 heavy (non-hydrogen) atoms. The number of nitrogens with one attached hydrogen (secondary N) is 1. The van der Waals surface area contributed by atoms with Crippen LogP contribution in [0.15, 0.2) is 75.9 Å². The summed E-state index contributed by atoms with van der Waals surface area (Å²) in [5.41, 5.74) is 0. The zero-order valence-electron chi connectivity index (χ0n) is 12.4. The van der Waals surface area contributed by atoms with Gasteiger partial charge in [-0.05, 0) is 25.7 Å². The molecule has 108 valence electrons. The second-order valence-electron chi connectivity index (χ2n) is 3.56. The number of unbranched alkanes of at least 4 members (excludes halogenated alkanes) is 2. The van der Waals surface area contributed by atoms with Crippen LogP contribution < -0.4 is 5.32 Å².